The zero-order valence-electron chi connectivity index (χ0n) is 12.7. The Labute approximate surface area is 124 Å². The average molecular weight is 294 g/mol. The highest BCUT2D eigenvalue weighted by Crippen LogP contribution is 2.33. The Kier molecular flexibility index (Phi) is 5.14. The van der Waals surface area contributed by atoms with E-state index in [9.17, 15) is 10.1 Å². The number of rotatable bonds is 7. The zero-order chi connectivity index (χ0) is 15.4. The van der Waals surface area contributed by atoms with E-state index < -0.39 is 0 Å². The number of hydrogen-bond acceptors (Lipinski definition) is 5. The van der Waals surface area contributed by atoms with Crippen molar-refractivity contribution < 1.29 is 14.4 Å². The quantitative estimate of drug-likeness (QED) is 0.617. The molecule has 1 aromatic rings. The van der Waals surface area contributed by atoms with Crippen LogP contribution in [0.25, 0.3) is 0 Å². The summed E-state index contributed by atoms with van der Waals surface area (Å²) in [5.74, 6) is 0.564. The molecule has 1 saturated carbocycles. The van der Waals surface area contributed by atoms with Crippen molar-refractivity contribution in [2.45, 2.75) is 44.9 Å². The maximum atomic E-state index is 11.0. The molecule has 1 fully saturated rings. The van der Waals surface area contributed by atoms with Crippen LogP contribution >= 0.6 is 0 Å². The lowest BCUT2D eigenvalue weighted by Crippen LogP contribution is -2.60. The van der Waals surface area contributed by atoms with Gasteiger partial charge in [0.15, 0.2) is 0 Å². The van der Waals surface area contributed by atoms with Crippen molar-refractivity contribution in [3.8, 4) is 5.75 Å². The van der Waals surface area contributed by atoms with Crippen LogP contribution in [0.2, 0.25) is 0 Å². The summed E-state index contributed by atoms with van der Waals surface area (Å²) in [6.45, 7) is 4.47. The Morgan fingerprint density at radius 2 is 2.24 bits per heavy atom. The van der Waals surface area contributed by atoms with Crippen LogP contribution in [-0.2, 0) is 4.74 Å². The Bertz CT molecular complexity index is 506. The summed E-state index contributed by atoms with van der Waals surface area (Å²) in [6, 6.07) is 5.19. The molecule has 1 aliphatic carbocycles. The number of ether oxygens (including phenoxy) is 2. The molecule has 0 radical (unpaired) electrons. The monoisotopic (exact) mass is 294 g/mol. The second-order valence-corrected chi connectivity index (χ2v) is 5.28. The van der Waals surface area contributed by atoms with Crippen molar-refractivity contribution in [2.75, 3.05) is 13.7 Å². The molecule has 116 valence electrons. The van der Waals surface area contributed by atoms with Crippen LogP contribution in [0.3, 0.4) is 0 Å². The van der Waals surface area contributed by atoms with Gasteiger partial charge in [-0.3, -0.25) is 10.1 Å². The molecular formula is C15H22N2O4. The average Bonchev–Trinajstić information content (AvgIpc) is 2.44. The molecule has 0 bridgehead atoms. The van der Waals surface area contributed by atoms with Gasteiger partial charge in [-0.1, -0.05) is 13.0 Å². The third-order valence-electron chi connectivity index (χ3n) is 3.87. The van der Waals surface area contributed by atoms with Crippen molar-refractivity contribution in [1.29, 1.82) is 0 Å². The van der Waals surface area contributed by atoms with E-state index in [-0.39, 0.29) is 28.9 Å². The fourth-order valence-corrected chi connectivity index (χ4v) is 2.55. The van der Waals surface area contributed by atoms with Gasteiger partial charge in [0.2, 0.25) is 0 Å². The summed E-state index contributed by atoms with van der Waals surface area (Å²) >= 11 is 0. The van der Waals surface area contributed by atoms with E-state index in [1.807, 2.05) is 7.05 Å². The first-order valence-corrected chi connectivity index (χ1v) is 7.28. The molecule has 6 heteroatoms. The van der Waals surface area contributed by atoms with Gasteiger partial charge in [0, 0.05) is 25.1 Å². The molecule has 1 aliphatic rings. The number of nitro groups is 1. The molecule has 0 heterocycles. The standard InChI is InChI=1S/C15H22N2O4/c1-4-8-20-15-11(16-3)9-14(15)21-13-7-5-6-12(10(13)2)17(18)19/h5-7,11,14-16H,4,8-9H2,1-3H3. The first kappa shape index (κ1) is 15.7. The summed E-state index contributed by atoms with van der Waals surface area (Å²) in [5, 5.41) is 14.2. The largest absolute Gasteiger partial charge is 0.487 e. The third-order valence-corrected chi connectivity index (χ3v) is 3.87. The Morgan fingerprint density at radius 3 is 2.86 bits per heavy atom. The lowest BCUT2D eigenvalue weighted by atomic mass is 9.85. The molecule has 0 spiro atoms. The first-order valence-electron chi connectivity index (χ1n) is 7.28. The molecule has 0 amide bonds. The molecule has 0 aromatic heterocycles. The highest BCUT2D eigenvalue weighted by molar-refractivity contribution is 5.48. The minimum atomic E-state index is -0.384. The van der Waals surface area contributed by atoms with Crippen molar-refractivity contribution >= 4 is 5.69 Å². The van der Waals surface area contributed by atoms with Gasteiger partial charge in [0.1, 0.15) is 18.0 Å². The molecule has 0 aliphatic heterocycles. The number of benzene rings is 1. The van der Waals surface area contributed by atoms with Gasteiger partial charge >= 0.3 is 0 Å². The van der Waals surface area contributed by atoms with Gasteiger partial charge in [-0.25, -0.2) is 0 Å². The van der Waals surface area contributed by atoms with E-state index in [1.54, 1.807) is 19.1 Å². The van der Waals surface area contributed by atoms with Crippen molar-refractivity contribution in [3.63, 3.8) is 0 Å². The highest BCUT2D eigenvalue weighted by atomic mass is 16.6. The topological polar surface area (TPSA) is 73.6 Å². The van der Waals surface area contributed by atoms with Crippen LogP contribution in [0.5, 0.6) is 5.75 Å². The third kappa shape index (κ3) is 3.33. The first-order chi connectivity index (χ1) is 10.1. The number of nitrogens with zero attached hydrogens (tertiary/aromatic N) is 1. The number of nitrogens with one attached hydrogen (secondary N) is 1. The van der Waals surface area contributed by atoms with Gasteiger partial charge < -0.3 is 14.8 Å². The molecule has 1 N–H and O–H groups in total. The summed E-state index contributed by atoms with van der Waals surface area (Å²) in [7, 11) is 1.90. The predicted octanol–water partition coefficient (Wildman–Crippen LogP) is 2.44. The summed E-state index contributed by atoms with van der Waals surface area (Å²) in [5.41, 5.74) is 0.646. The predicted molar refractivity (Wildman–Crippen MR) is 79.7 cm³/mol. The minimum Gasteiger partial charge on any atom is -0.487 e. The molecule has 0 saturated heterocycles. The van der Waals surface area contributed by atoms with E-state index in [2.05, 4.69) is 12.2 Å². The Morgan fingerprint density at radius 1 is 1.48 bits per heavy atom. The second-order valence-electron chi connectivity index (χ2n) is 5.28. The molecule has 6 nitrogen and oxygen atoms in total. The molecule has 21 heavy (non-hydrogen) atoms. The van der Waals surface area contributed by atoms with Crippen LogP contribution < -0.4 is 10.1 Å². The molecule has 3 atom stereocenters. The van der Waals surface area contributed by atoms with Crippen LogP contribution in [0.15, 0.2) is 18.2 Å². The SMILES string of the molecule is CCCOC1C(NC)CC1Oc1cccc([N+](=O)[O-])c1C. The van der Waals surface area contributed by atoms with E-state index in [4.69, 9.17) is 9.47 Å². The molecule has 3 unspecified atom stereocenters. The fraction of sp³-hybridized carbons (Fsp3) is 0.600. The van der Waals surface area contributed by atoms with Gasteiger partial charge in [0.05, 0.1) is 10.5 Å². The van der Waals surface area contributed by atoms with Crippen molar-refractivity contribution in [1.82, 2.24) is 5.32 Å². The smallest absolute Gasteiger partial charge is 0.276 e. The fourth-order valence-electron chi connectivity index (χ4n) is 2.55. The highest BCUT2D eigenvalue weighted by Gasteiger charge is 2.43. The summed E-state index contributed by atoms with van der Waals surface area (Å²) < 4.78 is 11.8. The number of nitro benzene ring substituents is 1. The van der Waals surface area contributed by atoms with Gasteiger partial charge in [-0.2, -0.15) is 0 Å². The summed E-state index contributed by atoms with van der Waals surface area (Å²) in [6.07, 6.45) is 1.73. The van der Waals surface area contributed by atoms with Crippen LogP contribution in [0.1, 0.15) is 25.3 Å². The molecule has 1 aromatic carbocycles. The van der Waals surface area contributed by atoms with E-state index >= 15 is 0 Å². The Hall–Kier alpha value is -1.66. The molecular weight excluding hydrogens is 272 g/mol. The van der Waals surface area contributed by atoms with E-state index in [0.717, 1.165) is 12.8 Å². The van der Waals surface area contributed by atoms with Crippen LogP contribution in [0.4, 0.5) is 5.69 Å². The van der Waals surface area contributed by atoms with Gasteiger partial charge in [-0.05, 0) is 26.5 Å². The normalized spacial score (nSPS) is 24.4. The van der Waals surface area contributed by atoms with Crippen molar-refractivity contribution in [3.05, 3.63) is 33.9 Å². The van der Waals surface area contributed by atoms with E-state index in [0.29, 0.717) is 17.9 Å². The van der Waals surface area contributed by atoms with Crippen molar-refractivity contribution in [2.24, 2.45) is 0 Å². The number of hydrogen-bond donors (Lipinski definition) is 1. The van der Waals surface area contributed by atoms with Gasteiger partial charge in [0.25, 0.3) is 5.69 Å². The maximum Gasteiger partial charge on any atom is 0.276 e. The Balaban J connectivity index is 2.08. The lowest BCUT2D eigenvalue weighted by molar-refractivity contribution is -0.385. The maximum absolute atomic E-state index is 11.0. The minimum absolute atomic E-state index is 0.00591. The van der Waals surface area contributed by atoms with Gasteiger partial charge in [-0.15, -0.1) is 0 Å². The van der Waals surface area contributed by atoms with Crippen LogP contribution in [0, 0.1) is 17.0 Å². The second kappa shape index (κ2) is 6.87. The lowest BCUT2D eigenvalue weighted by Gasteiger charge is -2.43. The zero-order valence-corrected chi connectivity index (χ0v) is 12.7. The van der Waals surface area contributed by atoms with E-state index in [1.165, 1.54) is 6.07 Å². The molecule has 2 rings (SSSR count). The summed E-state index contributed by atoms with van der Waals surface area (Å²) in [4.78, 5) is 10.6. The van der Waals surface area contributed by atoms with Crippen LogP contribution in [-0.4, -0.2) is 36.8 Å². The number of likely N-dealkylation sites (N-methyl/N-ethyl adjacent to an activating group) is 1.